The average Bonchev–Trinajstić information content (AvgIpc) is 2.36. The van der Waals surface area contributed by atoms with Crippen LogP contribution in [-0.4, -0.2) is 30.4 Å². The lowest BCUT2D eigenvalue weighted by Crippen LogP contribution is -2.49. The van der Waals surface area contributed by atoms with Gasteiger partial charge in [0.25, 0.3) is 0 Å². The van der Waals surface area contributed by atoms with Gasteiger partial charge < -0.3 is 10.6 Å². The molecule has 0 aliphatic heterocycles. The van der Waals surface area contributed by atoms with E-state index in [2.05, 4.69) is 6.92 Å². The normalized spacial score (nSPS) is 38.2. The molecule has 0 heterocycles. The molecule has 2 N–H and O–H groups in total. The fraction of sp³-hybridized carbons (Fsp3) is 0.941. The SMILES string of the molecule is CCCN(CCN)C(=O)CC12CC3CC(CC(C3)C1)C2. The monoisotopic (exact) mass is 278 g/mol. The first-order valence-electron chi connectivity index (χ1n) is 8.62. The Kier molecular flexibility index (Phi) is 4.07. The van der Waals surface area contributed by atoms with Crippen molar-refractivity contribution in [1.82, 2.24) is 4.90 Å². The lowest BCUT2D eigenvalue weighted by Gasteiger charge is -2.57. The van der Waals surface area contributed by atoms with Gasteiger partial charge in [0.1, 0.15) is 0 Å². The van der Waals surface area contributed by atoms with Crippen LogP contribution in [0.15, 0.2) is 0 Å². The van der Waals surface area contributed by atoms with Crippen LogP contribution in [0, 0.1) is 23.2 Å². The Balaban J connectivity index is 1.65. The van der Waals surface area contributed by atoms with Crippen molar-refractivity contribution in [1.29, 1.82) is 0 Å². The Hall–Kier alpha value is -0.570. The van der Waals surface area contributed by atoms with Crippen molar-refractivity contribution < 1.29 is 4.79 Å². The number of nitrogens with two attached hydrogens (primary N) is 1. The van der Waals surface area contributed by atoms with Gasteiger partial charge in [0.05, 0.1) is 0 Å². The topological polar surface area (TPSA) is 46.3 Å². The van der Waals surface area contributed by atoms with Gasteiger partial charge in [0, 0.05) is 26.1 Å². The van der Waals surface area contributed by atoms with Crippen molar-refractivity contribution in [3.05, 3.63) is 0 Å². The number of rotatable bonds is 6. The van der Waals surface area contributed by atoms with Crippen LogP contribution in [0.1, 0.15) is 58.3 Å². The van der Waals surface area contributed by atoms with Gasteiger partial charge in [-0.25, -0.2) is 0 Å². The zero-order valence-corrected chi connectivity index (χ0v) is 12.9. The Bertz CT molecular complexity index is 325. The molecule has 4 saturated carbocycles. The minimum Gasteiger partial charge on any atom is -0.341 e. The first kappa shape index (κ1) is 14.4. The highest BCUT2D eigenvalue weighted by Gasteiger charge is 2.51. The van der Waals surface area contributed by atoms with Crippen molar-refractivity contribution in [2.24, 2.45) is 28.9 Å². The number of carbonyl (C=O) groups is 1. The molecule has 0 unspecified atom stereocenters. The molecule has 0 atom stereocenters. The molecule has 20 heavy (non-hydrogen) atoms. The van der Waals surface area contributed by atoms with E-state index in [1.54, 1.807) is 0 Å². The van der Waals surface area contributed by atoms with Crippen molar-refractivity contribution >= 4 is 5.91 Å². The van der Waals surface area contributed by atoms with E-state index in [-0.39, 0.29) is 0 Å². The summed E-state index contributed by atoms with van der Waals surface area (Å²) in [7, 11) is 0. The molecular weight excluding hydrogens is 248 g/mol. The highest BCUT2D eigenvalue weighted by Crippen LogP contribution is 2.61. The second-order valence-corrected chi connectivity index (χ2v) is 7.76. The van der Waals surface area contributed by atoms with Crippen LogP contribution in [0.2, 0.25) is 0 Å². The van der Waals surface area contributed by atoms with E-state index in [1.165, 1.54) is 38.5 Å². The van der Waals surface area contributed by atoms with E-state index >= 15 is 0 Å². The average molecular weight is 278 g/mol. The molecule has 4 fully saturated rings. The molecule has 1 amide bonds. The van der Waals surface area contributed by atoms with Crippen LogP contribution >= 0.6 is 0 Å². The van der Waals surface area contributed by atoms with E-state index in [4.69, 9.17) is 5.73 Å². The Labute approximate surface area is 123 Å². The van der Waals surface area contributed by atoms with Gasteiger partial charge in [-0.2, -0.15) is 0 Å². The Morgan fingerprint density at radius 2 is 1.65 bits per heavy atom. The summed E-state index contributed by atoms with van der Waals surface area (Å²) in [5.74, 6) is 3.17. The molecule has 0 aromatic carbocycles. The van der Waals surface area contributed by atoms with E-state index in [1.807, 2.05) is 4.90 Å². The molecule has 4 rings (SSSR count). The van der Waals surface area contributed by atoms with E-state index in [0.29, 0.717) is 17.9 Å². The summed E-state index contributed by atoms with van der Waals surface area (Å²) in [5.41, 5.74) is 6.03. The second-order valence-electron chi connectivity index (χ2n) is 7.76. The van der Waals surface area contributed by atoms with Crippen molar-refractivity contribution in [3.8, 4) is 0 Å². The highest BCUT2D eigenvalue weighted by molar-refractivity contribution is 5.77. The number of nitrogens with zero attached hydrogens (tertiary/aromatic N) is 1. The van der Waals surface area contributed by atoms with Gasteiger partial charge in [-0.15, -0.1) is 0 Å². The molecular formula is C17H30N2O. The van der Waals surface area contributed by atoms with E-state index in [0.717, 1.165) is 43.7 Å². The quantitative estimate of drug-likeness (QED) is 0.812. The summed E-state index contributed by atoms with van der Waals surface area (Å²) in [4.78, 5) is 14.7. The van der Waals surface area contributed by atoms with Gasteiger partial charge in [-0.05, 0) is 68.1 Å². The maximum atomic E-state index is 12.7. The lowest BCUT2D eigenvalue weighted by molar-refractivity contribution is -0.139. The maximum absolute atomic E-state index is 12.7. The first-order chi connectivity index (χ1) is 9.64. The molecule has 0 radical (unpaired) electrons. The number of carbonyl (C=O) groups excluding carboxylic acids is 1. The third-order valence-electron chi connectivity index (χ3n) is 5.94. The third-order valence-corrected chi connectivity index (χ3v) is 5.94. The summed E-state index contributed by atoms with van der Waals surface area (Å²) < 4.78 is 0. The maximum Gasteiger partial charge on any atom is 0.223 e. The van der Waals surface area contributed by atoms with Crippen molar-refractivity contribution in [2.75, 3.05) is 19.6 Å². The summed E-state index contributed by atoms with van der Waals surface area (Å²) in [6, 6.07) is 0. The molecule has 3 heteroatoms. The fourth-order valence-electron chi connectivity index (χ4n) is 5.73. The summed E-state index contributed by atoms with van der Waals surface area (Å²) in [6.45, 7) is 4.34. The minimum absolute atomic E-state index is 0.367. The molecule has 3 nitrogen and oxygen atoms in total. The van der Waals surface area contributed by atoms with Gasteiger partial charge >= 0.3 is 0 Å². The van der Waals surface area contributed by atoms with E-state index < -0.39 is 0 Å². The van der Waals surface area contributed by atoms with Crippen molar-refractivity contribution in [2.45, 2.75) is 58.3 Å². The summed E-state index contributed by atoms with van der Waals surface area (Å²) in [6.07, 6.45) is 10.2. The zero-order valence-electron chi connectivity index (χ0n) is 12.9. The van der Waals surface area contributed by atoms with Crippen LogP contribution in [0.3, 0.4) is 0 Å². The highest BCUT2D eigenvalue weighted by atomic mass is 16.2. The predicted molar refractivity (Wildman–Crippen MR) is 81.1 cm³/mol. The van der Waals surface area contributed by atoms with Crippen LogP contribution in [0.4, 0.5) is 0 Å². The van der Waals surface area contributed by atoms with E-state index in [9.17, 15) is 4.79 Å². The number of hydrogen-bond acceptors (Lipinski definition) is 2. The predicted octanol–water partition coefficient (Wildman–Crippen LogP) is 2.79. The molecule has 4 aliphatic carbocycles. The molecule has 0 aromatic heterocycles. The minimum atomic E-state index is 0.367. The molecule has 0 aromatic rings. The lowest BCUT2D eigenvalue weighted by atomic mass is 9.49. The van der Waals surface area contributed by atoms with Crippen LogP contribution in [0.5, 0.6) is 0 Å². The number of hydrogen-bond donors (Lipinski definition) is 1. The Morgan fingerprint density at radius 1 is 1.10 bits per heavy atom. The van der Waals surface area contributed by atoms with Gasteiger partial charge in [0.2, 0.25) is 5.91 Å². The smallest absolute Gasteiger partial charge is 0.223 e. The first-order valence-corrected chi connectivity index (χ1v) is 8.62. The van der Waals surface area contributed by atoms with Crippen LogP contribution in [0.25, 0.3) is 0 Å². The van der Waals surface area contributed by atoms with Crippen LogP contribution in [-0.2, 0) is 4.79 Å². The molecule has 4 aliphatic rings. The zero-order chi connectivity index (χ0) is 14.2. The second kappa shape index (κ2) is 5.67. The largest absolute Gasteiger partial charge is 0.341 e. The Morgan fingerprint density at radius 3 is 2.10 bits per heavy atom. The molecule has 114 valence electrons. The summed E-state index contributed by atoms with van der Waals surface area (Å²) in [5, 5.41) is 0. The van der Waals surface area contributed by atoms with Gasteiger partial charge in [0.15, 0.2) is 0 Å². The van der Waals surface area contributed by atoms with Crippen LogP contribution < -0.4 is 5.73 Å². The molecule has 0 saturated heterocycles. The number of amides is 1. The summed E-state index contributed by atoms with van der Waals surface area (Å²) >= 11 is 0. The standard InChI is InChI=1S/C17H30N2O/c1-2-4-19(5-3-18)16(20)12-17-9-13-6-14(10-17)8-15(7-13)11-17/h13-15H,2-12,18H2,1H3. The van der Waals surface area contributed by atoms with Gasteiger partial charge in [-0.1, -0.05) is 6.92 Å². The fourth-order valence-corrected chi connectivity index (χ4v) is 5.73. The molecule has 4 bridgehead atoms. The third kappa shape index (κ3) is 2.74. The van der Waals surface area contributed by atoms with Crippen molar-refractivity contribution in [3.63, 3.8) is 0 Å². The van der Waals surface area contributed by atoms with Gasteiger partial charge in [-0.3, -0.25) is 4.79 Å². The molecule has 0 spiro atoms.